The molecule has 0 bridgehead atoms. The van der Waals surface area contributed by atoms with Crippen LogP contribution in [0.15, 0.2) is 48.7 Å². The number of fused-ring (bicyclic) bond motifs is 2. The van der Waals surface area contributed by atoms with Crippen molar-refractivity contribution in [2.75, 3.05) is 14.2 Å². The van der Waals surface area contributed by atoms with Crippen LogP contribution >= 0.6 is 24.8 Å². The van der Waals surface area contributed by atoms with Crippen LogP contribution in [0.4, 0.5) is 0 Å². The zero-order valence-corrected chi connectivity index (χ0v) is 21.6. The van der Waals surface area contributed by atoms with Crippen LogP contribution in [0, 0.1) is 6.92 Å². The van der Waals surface area contributed by atoms with E-state index in [0.717, 1.165) is 29.1 Å². The second kappa shape index (κ2) is 11.2. The van der Waals surface area contributed by atoms with Gasteiger partial charge in [0.2, 0.25) is 0 Å². The fourth-order valence-corrected chi connectivity index (χ4v) is 5.09. The molecular formula is C28H32Cl2N2O2. The fraction of sp³-hybridized carbons (Fsp3) is 0.357. The third-order valence-corrected chi connectivity index (χ3v) is 6.78. The molecule has 1 aliphatic carbocycles. The lowest BCUT2D eigenvalue weighted by atomic mass is 9.84. The van der Waals surface area contributed by atoms with Crippen LogP contribution in [0.2, 0.25) is 0 Å². The first-order chi connectivity index (χ1) is 15.7. The summed E-state index contributed by atoms with van der Waals surface area (Å²) in [5.41, 5.74) is 5.75. The lowest BCUT2D eigenvalue weighted by molar-refractivity contribution is 0.355. The lowest BCUT2D eigenvalue weighted by Gasteiger charge is -2.23. The van der Waals surface area contributed by atoms with Crippen LogP contribution in [0.5, 0.6) is 11.5 Å². The van der Waals surface area contributed by atoms with Gasteiger partial charge in [-0.1, -0.05) is 31.4 Å². The Morgan fingerprint density at radius 3 is 2.26 bits per heavy atom. The van der Waals surface area contributed by atoms with E-state index < -0.39 is 0 Å². The summed E-state index contributed by atoms with van der Waals surface area (Å²) in [6, 6.07) is 15.0. The van der Waals surface area contributed by atoms with Crippen LogP contribution in [-0.2, 0) is 6.42 Å². The highest BCUT2D eigenvalue weighted by atomic mass is 35.5. The molecule has 4 nitrogen and oxygen atoms in total. The van der Waals surface area contributed by atoms with Gasteiger partial charge in [0, 0.05) is 28.6 Å². The molecule has 2 aromatic heterocycles. The van der Waals surface area contributed by atoms with Gasteiger partial charge in [-0.2, -0.15) is 0 Å². The average Bonchev–Trinajstić information content (AvgIpc) is 2.84. The number of pyridine rings is 2. The quantitative estimate of drug-likeness (QED) is 0.284. The van der Waals surface area contributed by atoms with Crippen molar-refractivity contribution in [1.82, 2.24) is 9.97 Å². The molecular weight excluding hydrogens is 467 g/mol. The van der Waals surface area contributed by atoms with Crippen LogP contribution < -0.4 is 9.47 Å². The summed E-state index contributed by atoms with van der Waals surface area (Å²) in [6.45, 7) is 2.03. The molecule has 6 heteroatoms. The zero-order chi connectivity index (χ0) is 22.1. The number of hydrogen-bond acceptors (Lipinski definition) is 4. The van der Waals surface area contributed by atoms with E-state index in [-0.39, 0.29) is 24.8 Å². The van der Waals surface area contributed by atoms with E-state index >= 15 is 0 Å². The maximum Gasteiger partial charge on any atom is 0.161 e. The van der Waals surface area contributed by atoms with Gasteiger partial charge in [0.15, 0.2) is 11.5 Å². The van der Waals surface area contributed by atoms with Gasteiger partial charge in [-0.3, -0.25) is 9.97 Å². The number of ether oxygens (including phenoxy) is 2. The molecule has 0 atom stereocenters. The summed E-state index contributed by atoms with van der Waals surface area (Å²) in [4.78, 5) is 9.66. The van der Waals surface area contributed by atoms with Crippen molar-refractivity contribution >= 4 is 46.5 Å². The molecule has 0 unspecified atom stereocenters. The summed E-state index contributed by atoms with van der Waals surface area (Å²) in [6.07, 6.45) is 9.23. The largest absolute Gasteiger partial charge is 0.493 e. The monoisotopic (exact) mass is 498 g/mol. The summed E-state index contributed by atoms with van der Waals surface area (Å²) in [7, 11) is 3.40. The Morgan fingerprint density at radius 1 is 0.853 bits per heavy atom. The van der Waals surface area contributed by atoms with E-state index in [2.05, 4.69) is 53.6 Å². The van der Waals surface area contributed by atoms with Gasteiger partial charge in [0.1, 0.15) is 0 Å². The van der Waals surface area contributed by atoms with Crippen LogP contribution in [0.25, 0.3) is 21.7 Å². The molecule has 5 rings (SSSR count). The molecule has 34 heavy (non-hydrogen) atoms. The Hall–Kier alpha value is -2.56. The summed E-state index contributed by atoms with van der Waals surface area (Å²) in [5, 5.41) is 3.58. The minimum atomic E-state index is 0. The highest BCUT2D eigenvalue weighted by molar-refractivity contribution is 5.91. The zero-order valence-electron chi connectivity index (χ0n) is 20.0. The first-order valence-electron chi connectivity index (χ1n) is 11.6. The van der Waals surface area contributed by atoms with E-state index in [9.17, 15) is 0 Å². The normalized spacial score (nSPS) is 13.9. The van der Waals surface area contributed by atoms with E-state index in [1.54, 1.807) is 14.2 Å². The summed E-state index contributed by atoms with van der Waals surface area (Å²) in [5.74, 6) is 2.05. The molecule has 0 saturated heterocycles. The number of aryl methyl sites for hydroxylation is 1. The lowest BCUT2D eigenvalue weighted by Crippen LogP contribution is -2.08. The standard InChI is InChI=1S/C28H30N2O2.2ClH/c1-18-9-11-21-13-19(10-12-25(21)30-18)14-22-17-29-28(20-7-5-4-6-8-20)24-16-27(32-3)26(31-2)15-23(22)24;;/h9-13,15-17,20H,4-8,14H2,1-3H3;2*1H. The van der Waals surface area contributed by atoms with Gasteiger partial charge in [0.05, 0.1) is 25.4 Å². The second-order valence-electron chi connectivity index (χ2n) is 8.91. The van der Waals surface area contributed by atoms with Crippen molar-refractivity contribution in [2.24, 2.45) is 0 Å². The SMILES string of the molecule is COc1cc2c(Cc3ccc4nc(C)ccc4c3)cnc(C3CCCCC3)c2cc1OC.Cl.Cl. The number of halogens is 2. The molecule has 0 aliphatic heterocycles. The van der Waals surface area contributed by atoms with Crippen molar-refractivity contribution in [3.05, 3.63) is 71.2 Å². The van der Waals surface area contributed by atoms with Gasteiger partial charge in [0.25, 0.3) is 0 Å². The Morgan fingerprint density at radius 2 is 1.56 bits per heavy atom. The van der Waals surface area contributed by atoms with E-state index in [0.29, 0.717) is 5.92 Å². The maximum absolute atomic E-state index is 5.65. The molecule has 1 saturated carbocycles. The third-order valence-electron chi connectivity index (χ3n) is 6.78. The molecule has 1 fully saturated rings. The maximum atomic E-state index is 5.65. The Bertz CT molecular complexity index is 1290. The Kier molecular flexibility index (Phi) is 8.62. The van der Waals surface area contributed by atoms with Gasteiger partial charge >= 0.3 is 0 Å². The highest BCUT2D eigenvalue weighted by Crippen LogP contribution is 2.40. The van der Waals surface area contributed by atoms with E-state index in [1.165, 1.54) is 65.1 Å². The molecule has 0 amide bonds. The summed E-state index contributed by atoms with van der Waals surface area (Å²) >= 11 is 0. The molecule has 2 heterocycles. The van der Waals surface area contributed by atoms with Crippen molar-refractivity contribution in [3.63, 3.8) is 0 Å². The molecule has 0 spiro atoms. The first-order valence-corrected chi connectivity index (χ1v) is 11.6. The van der Waals surface area contributed by atoms with Crippen LogP contribution in [0.3, 0.4) is 0 Å². The smallest absolute Gasteiger partial charge is 0.161 e. The number of benzene rings is 2. The number of methoxy groups -OCH3 is 2. The fourth-order valence-electron chi connectivity index (χ4n) is 5.09. The average molecular weight is 499 g/mol. The van der Waals surface area contributed by atoms with E-state index in [4.69, 9.17) is 14.5 Å². The minimum Gasteiger partial charge on any atom is -0.493 e. The summed E-state index contributed by atoms with van der Waals surface area (Å²) < 4.78 is 11.3. The number of hydrogen-bond donors (Lipinski definition) is 0. The molecule has 0 N–H and O–H groups in total. The van der Waals surface area contributed by atoms with Gasteiger partial charge < -0.3 is 9.47 Å². The van der Waals surface area contributed by atoms with Crippen molar-refractivity contribution < 1.29 is 9.47 Å². The highest BCUT2D eigenvalue weighted by Gasteiger charge is 2.22. The van der Waals surface area contributed by atoms with Gasteiger partial charge in [-0.05, 0) is 73.0 Å². The predicted molar refractivity (Wildman–Crippen MR) is 144 cm³/mol. The Labute approximate surface area is 213 Å². The second-order valence-corrected chi connectivity index (χ2v) is 8.91. The van der Waals surface area contributed by atoms with E-state index in [1.807, 2.05) is 6.92 Å². The van der Waals surface area contributed by atoms with Crippen molar-refractivity contribution in [3.8, 4) is 11.5 Å². The molecule has 0 radical (unpaired) electrons. The number of nitrogens with zero attached hydrogens (tertiary/aromatic N) is 2. The van der Waals surface area contributed by atoms with Gasteiger partial charge in [-0.15, -0.1) is 24.8 Å². The van der Waals surface area contributed by atoms with Gasteiger partial charge in [-0.25, -0.2) is 0 Å². The topological polar surface area (TPSA) is 44.2 Å². The van der Waals surface area contributed by atoms with Crippen LogP contribution in [-0.4, -0.2) is 24.2 Å². The molecule has 180 valence electrons. The molecule has 1 aliphatic rings. The van der Waals surface area contributed by atoms with Crippen molar-refractivity contribution in [1.29, 1.82) is 0 Å². The van der Waals surface area contributed by atoms with Crippen molar-refractivity contribution in [2.45, 2.75) is 51.4 Å². The Balaban J connectivity index is 0.00000162. The number of aromatic nitrogens is 2. The third kappa shape index (κ3) is 5.08. The van der Waals surface area contributed by atoms with Crippen LogP contribution in [0.1, 0.15) is 60.5 Å². The number of rotatable bonds is 5. The predicted octanol–water partition coefficient (Wildman–Crippen LogP) is 7.59. The molecule has 2 aromatic carbocycles. The minimum absolute atomic E-state index is 0. The molecule has 4 aromatic rings. The first kappa shape index (κ1) is 26.1.